The standard InChI is InChI=1S/C19H16N4O3S/c1-11-7-8-13(9-12(11)2)23-17(18(25)26-22-23)16(24)10-27-19-20-14-5-3-4-6-15(14)21-19/h3-9H,10H2,1-2H3,(H-,20,21,22,24,25)/p+1. The van der Waals surface area contributed by atoms with E-state index in [0.717, 1.165) is 22.2 Å². The minimum absolute atomic E-state index is 0.0399. The van der Waals surface area contributed by atoms with Crippen LogP contribution < -0.4 is 10.3 Å². The van der Waals surface area contributed by atoms with Crippen LogP contribution in [-0.4, -0.2) is 26.8 Å². The van der Waals surface area contributed by atoms with Gasteiger partial charge in [0.05, 0.1) is 16.8 Å². The first kappa shape index (κ1) is 17.3. The zero-order valence-corrected chi connectivity index (χ0v) is 15.6. The molecule has 0 unspecified atom stereocenters. The molecule has 0 saturated heterocycles. The Morgan fingerprint density at radius 2 is 2.00 bits per heavy atom. The summed E-state index contributed by atoms with van der Waals surface area (Å²) in [6, 6.07) is 13.3. The monoisotopic (exact) mass is 381 g/mol. The van der Waals surface area contributed by atoms with Crippen molar-refractivity contribution in [3.8, 4) is 5.69 Å². The van der Waals surface area contributed by atoms with Crippen molar-refractivity contribution in [1.29, 1.82) is 0 Å². The van der Waals surface area contributed by atoms with Crippen LogP contribution in [0.4, 0.5) is 0 Å². The maximum absolute atomic E-state index is 12.7. The van der Waals surface area contributed by atoms with E-state index in [9.17, 15) is 9.59 Å². The molecule has 2 aromatic carbocycles. The van der Waals surface area contributed by atoms with E-state index >= 15 is 0 Å². The molecule has 4 aromatic rings. The van der Waals surface area contributed by atoms with Crippen LogP contribution >= 0.6 is 11.8 Å². The second kappa shape index (κ2) is 6.88. The third-order valence-electron chi connectivity index (χ3n) is 4.37. The van der Waals surface area contributed by atoms with Crippen LogP contribution in [0.15, 0.2) is 56.9 Å². The molecule has 0 amide bonds. The summed E-state index contributed by atoms with van der Waals surface area (Å²) in [5, 5.41) is 3.14. The Morgan fingerprint density at radius 3 is 2.78 bits per heavy atom. The van der Waals surface area contributed by atoms with E-state index in [2.05, 4.69) is 15.2 Å². The van der Waals surface area contributed by atoms with Gasteiger partial charge in [0, 0.05) is 12.1 Å². The van der Waals surface area contributed by atoms with Gasteiger partial charge in [-0.05, 0) is 47.1 Å². The van der Waals surface area contributed by atoms with Crippen LogP contribution in [-0.2, 0) is 0 Å². The number of hydrogen-bond donors (Lipinski definition) is 2. The number of nitrogens with zero attached hydrogens (tertiary/aromatic N) is 2. The Hall–Kier alpha value is -3.13. The summed E-state index contributed by atoms with van der Waals surface area (Å²) >= 11 is 1.25. The second-order valence-corrected chi connectivity index (χ2v) is 7.17. The van der Waals surface area contributed by atoms with Crippen molar-refractivity contribution < 1.29 is 14.0 Å². The average Bonchev–Trinajstić information content (AvgIpc) is 3.25. The molecule has 0 fully saturated rings. The second-order valence-electron chi connectivity index (χ2n) is 6.20. The zero-order chi connectivity index (χ0) is 19.0. The quantitative estimate of drug-likeness (QED) is 0.315. The molecule has 2 N–H and O–H groups in total. The van der Waals surface area contributed by atoms with Gasteiger partial charge in [-0.25, -0.2) is 9.78 Å². The van der Waals surface area contributed by atoms with E-state index in [0.29, 0.717) is 10.8 Å². The molecule has 0 radical (unpaired) electrons. The SMILES string of the molecule is Cc1ccc(-[n+]2[nH]oc(=O)c2C(=O)CSc2nc3ccccc3[nH]2)cc1C. The van der Waals surface area contributed by atoms with Crippen LogP contribution in [0, 0.1) is 13.8 Å². The molecule has 2 aromatic heterocycles. The Bertz CT molecular complexity index is 1170. The Kier molecular flexibility index (Phi) is 4.41. The molecule has 27 heavy (non-hydrogen) atoms. The van der Waals surface area contributed by atoms with Gasteiger partial charge in [0.15, 0.2) is 5.16 Å². The third-order valence-corrected chi connectivity index (χ3v) is 5.24. The number of nitrogens with one attached hydrogen (secondary N) is 2. The number of H-pyrrole nitrogens is 2. The number of thioether (sulfide) groups is 1. The van der Waals surface area contributed by atoms with Gasteiger partial charge in [-0.1, -0.05) is 30.0 Å². The van der Waals surface area contributed by atoms with E-state index in [4.69, 9.17) is 4.52 Å². The number of carbonyl (C=O) groups excluding carboxylic acids is 1. The molecule has 8 heteroatoms. The van der Waals surface area contributed by atoms with Crippen molar-refractivity contribution in [2.45, 2.75) is 19.0 Å². The van der Waals surface area contributed by atoms with Crippen LogP contribution in [0.3, 0.4) is 0 Å². The van der Waals surface area contributed by atoms with E-state index in [-0.39, 0.29) is 17.2 Å². The van der Waals surface area contributed by atoms with Crippen LogP contribution in [0.2, 0.25) is 0 Å². The summed E-state index contributed by atoms with van der Waals surface area (Å²) < 4.78 is 6.26. The lowest BCUT2D eigenvalue weighted by molar-refractivity contribution is -0.672. The van der Waals surface area contributed by atoms with Crippen molar-refractivity contribution >= 4 is 28.6 Å². The molecule has 0 atom stereocenters. The predicted molar refractivity (Wildman–Crippen MR) is 101 cm³/mol. The molecule has 0 saturated carbocycles. The molecule has 2 heterocycles. The molecule has 0 aliphatic carbocycles. The molecule has 4 rings (SSSR count). The largest absolute Gasteiger partial charge is 0.438 e. The smallest absolute Gasteiger partial charge is 0.333 e. The molecule has 0 aliphatic heterocycles. The lowest BCUT2D eigenvalue weighted by atomic mass is 10.1. The molecule has 0 spiro atoms. The third kappa shape index (κ3) is 3.31. The maximum atomic E-state index is 12.7. The Balaban J connectivity index is 1.59. The molecule has 136 valence electrons. The van der Waals surface area contributed by atoms with Gasteiger partial charge in [0.1, 0.15) is 0 Å². The summed E-state index contributed by atoms with van der Waals surface area (Å²) in [4.78, 5) is 32.4. The van der Waals surface area contributed by atoms with Gasteiger partial charge in [-0.3, -0.25) is 9.32 Å². The lowest BCUT2D eigenvalue weighted by Gasteiger charge is -1.99. The highest BCUT2D eigenvalue weighted by Crippen LogP contribution is 2.19. The maximum Gasteiger partial charge on any atom is 0.438 e. The fourth-order valence-electron chi connectivity index (χ4n) is 2.76. The molecular formula is C19H17N4O3S+. The number of carbonyl (C=O) groups is 1. The predicted octanol–water partition coefficient (Wildman–Crippen LogP) is 2.71. The highest BCUT2D eigenvalue weighted by Gasteiger charge is 2.30. The van der Waals surface area contributed by atoms with Crippen LogP contribution in [0.25, 0.3) is 16.7 Å². The average molecular weight is 381 g/mol. The summed E-state index contributed by atoms with van der Waals surface area (Å²) in [6.07, 6.45) is 0. The minimum atomic E-state index is -0.691. The minimum Gasteiger partial charge on any atom is -0.333 e. The van der Waals surface area contributed by atoms with Gasteiger partial charge < -0.3 is 4.98 Å². The van der Waals surface area contributed by atoms with Crippen LogP contribution in [0.1, 0.15) is 21.6 Å². The Labute approximate surface area is 158 Å². The fourth-order valence-corrected chi connectivity index (χ4v) is 3.51. The number of Topliss-reactive ketones (excluding diaryl/α,β-unsaturated/α-hetero) is 1. The first-order valence-corrected chi connectivity index (χ1v) is 9.33. The number of imidazole rings is 1. The normalized spacial score (nSPS) is 11.2. The van der Waals surface area contributed by atoms with Crippen LogP contribution in [0.5, 0.6) is 0 Å². The van der Waals surface area contributed by atoms with E-state index < -0.39 is 5.63 Å². The summed E-state index contributed by atoms with van der Waals surface area (Å²) in [5.41, 5.74) is 3.85. The first-order valence-electron chi connectivity index (χ1n) is 8.35. The van der Waals surface area contributed by atoms with Crippen molar-refractivity contribution in [2.24, 2.45) is 0 Å². The number of benzene rings is 2. The summed E-state index contributed by atoms with van der Waals surface area (Å²) in [5.74, 6) is -0.276. The number of rotatable bonds is 5. The number of hydrogen-bond acceptors (Lipinski definition) is 5. The molecule has 0 bridgehead atoms. The van der Waals surface area contributed by atoms with Gasteiger partial charge in [-0.2, -0.15) is 0 Å². The molecule has 7 nitrogen and oxygen atoms in total. The molecule has 0 aliphatic rings. The zero-order valence-electron chi connectivity index (χ0n) is 14.8. The van der Waals surface area contributed by atoms with Crippen molar-refractivity contribution in [1.82, 2.24) is 15.2 Å². The number of aryl methyl sites for hydroxylation is 2. The van der Waals surface area contributed by atoms with Gasteiger partial charge in [0.25, 0.3) is 0 Å². The number of aromatic amines is 2. The molecular weight excluding hydrogens is 364 g/mol. The number of fused-ring (bicyclic) bond motifs is 1. The highest BCUT2D eigenvalue weighted by atomic mass is 32.2. The van der Waals surface area contributed by atoms with Gasteiger partial charge in [-0.15, -0.1) is 0 Å². The van der Waals surface area contributed by atoms with Crippen molar-refractivity contribution in [3.05, 3.63) is 69.7 Å². The summed E-state index contributed by atoms with van der Waals surface area (Å²) in [7, 11) is 0. The van der Waals surface area contributed by atoms with Gasteiger partial charge in [0.2, 0.25) is 11.5 Å². The van der Waals surface area contributed by atoms with Crippen molar-refractivity contribution in [2.75, 3.05) is 5.75 Å². The van der Waals surface area contributed by atoms with E-state index in [1.54, 1.807) is 0 Å². The summed E-state index contributed by atoms with van der Waals surface area (Å²) in [6.45, 7) is 3.97. The number of para-hydroxylation sites is 2. The number of aromatic nitrogens is 4. The van der Waals surface area contributed by atoms with E-state index in [1.165, 1.54) is 16.4 Å². The van der Waals surface area contributed by atoms with Crippen molar-refractivity contribution in [3.63, 3.8) is 0 Å². The lowest BCUT2D eigenvalue weighted by Crippen LogP contribution is -2.41. The van der Waals surface area contributed by atoms with E-state index in [1.807, 2.05) is 56.3 Å². The number of ketones is 1. The topological polar surface area (TPSA) is 95.6 Å². The first-order chi connectivity index (χ1) is 13.0. The van der Waals surface area contributed by atoms with Gasteiger partial charge >= 0.3 is 11.3 Å². The fraction of sp³-hybridized carbons (Fsp3) is 0.158. The Morgan fingerprint density at radius 1 is 1.19 bits per heavy atom. The highest BCUT2D eigenvalue weighted by molar-refractivity contribution is 7.99.